The molecule has 0 amide bonds. The minimum Gasteiger partial charge on any atom is -0.330 e. The zero-order valence-corrected chi connectivity index (χ0v) is 11.7. The highest BCUT2D eigenvalue weighted by Gasteiger charge is 2.20. The molecular weight excluding hydrogens is 283 g/mol. The minimum absolute atomic E-state index is 0.131. The van der Waals surface area contributed by atoms with Gasteiger partial charge in [-0.2, -0.15) is 0 Å². The second-order valence-electron chi connectivity index (χ2n) is 3.54. The molecule has 0 radical (unpaired) electrons. The molecule has 0 atom stereocenters. The Labute approximate surface area is 111 Å². The van der Waals surface area contributed by atoms with Crippen LogP contribution in [0.3, 0.4) is 0 Å². The number of sulfonamides is 1. The van der Waals surface area contributed by atoms with Gasteiger partial charge in [0.25, 0.3) is 0 Å². The van der Waals surface area contributed by atoms with E-state index in [1.54, 1.807) is 0 Å². The van der Waals surface area contributed by atoms with E-state index < -0.39 is 10.0 Å². The predicted octanol–water partition coefficient (Wildman–Crippen LogP) is 1.96. The SMILES string of the molecule is CN(CCCN)S(=O)(=O)c1ccc(Cl)c(Cl)c1. The minimum atomic E-state index is -3.52. The van der Waals surface area contributed by atoms with Gasteiger partial charge in [0.2, 0.25) is 10.0 Å². The van der Waals surface area contributed by atoms with Gasteiger partial charge in [-0.15, -0.1) is 0 Å². The molecule has 4 nitrogen and oxygen atoms in total. The zero-order chi connectivity index (χ0) is 13.1. The lowest BCUT2D eigenvalue weighted by Gasteiger charge is -2.16. The van der Waals surface area contributed by atoms with E-state index in [0.29, 0.717) is 24.5 Å². The topological polar surface area (TPSA) is 63.4 Å². The standard InChI is InChI=1S/C10H14Cl2N2O2S/c1-14(6-2-5-13)17(15,16)8-3-4-9(11)10(12)7-8/h3-4,7H,2,5-6,13H2,1H3. The molecule has 17 heavy (non-hydrogen) atoms. The van der Waals surface area contributed by atoms with Gasteiger partial charge in [0.1, 0.15) is 0 Å². The molecule has 2 N–H and O–H groups in total. The first-order chi connectivity index (χ1) is 7.89. The first-order valence-corrected chi connectivity index (χ1v) is 7.20. The molecule has 96 valence electrons. The summed E-state index contributed by atoms with van der Waals surface area (Å²) in [5.74, 6) is 0. The Morgan fingerprint density at radius 3 is 2.47 bits per heavy atom. The number of hydrogen-bond acceptors (Lipinski definition) is 3. The van der Waals surface area contributed by atoms with E-state index in [2.05, 4.69) is 0 Å². The van der Waals surface area contributed by atoms with Crippen LogP contribution in [0.2, 0.25) is 10.0 Å². The fourth-order valence-electron chi connectivity index (χ4n) is 1.25. The van der Waals surface area contributed by atoms with Crippen LogP contribution in [-0.4, -0.2) is 32.9 Å². The number of nitrogens with two attached hydrogens (primary N) is 1. The van der Waals surface area contributed by atoms with Crippen LogP contribution in [-0.2, 0) is 10.0 Å². The monoisotopic (exact) mass is 296 g/mol. The van der Waals surface area contributed by atoms with Gasteiger partial charge in [-0.1, -0.05) is 23.2 Å². The summed E-state index contributed by atoms with van der Waals surface area (Å²) in [6, 6.07) is 4.24. The van der Waals surface area contributed by atoms with Crippen LogP contribution >= 0.6 is 23.2 Å². The van der Waals surface area contributed by atoms with Crippen LogP contribution in [0.25, 0.3) is 0 Å². The molecule has 0 bridgehead atoms. The summed E-state index contributed by atoms with van der Waals surface area (Å²) in [4.78, 5) is 0.131. The molecule has 0 fully saturated rings. The molecule has 0 heterocycles. The summed E-state index contributed by atoms with van der Waals surface area (Å²) in [7, 11) is -2.01. The normalized spacial score (nSPS) is 12.1. The molecule has 0 aromatic heterocycles. The average Bonchev–Trinajstić information content (AvgIpc) is 2.29. The predicted molar refractivity (Wildman–Crippen MR) is 69.9 cm³/mol. The lowest BCUT2D eigenvalue weighted by atomic mass is 10.4. The number of hydrogen-bond donors (Lipinski definition) is 1. The molecule has 0 saturated carbocycles. The van der Waals surface area contributed by atoms with Crippen molar-refractivity contribution in [1.29, 1.82) is 0 Å². The maximum Gasteiger partial charge on any atom is 0.242 e. The van der Waals surface area contributed by atoms with Gasteiger partial charge in [-0.3, -0.25) is 0 Å². The first-order valence-electron chi connectivity index (χ1n) is 5.01. The lowest BCUT2D eigenvalue weighted by Crippen LogP contribution is -2.29. The van der Waals surface area contributed by atoms with Crippen LogP contribution in [0, 0.1) is 0 Å². The van der Waals surface area contributed by atoms with E-state index >= 15 is 0 Å². The van der Waals surface area contributed by atoms with Crippen LogP contribution < -0.4 is 5.73 Å². The summed E-state index contributed by atoms with van der Waals surface area (Å²) in [6.07, 6.45) is 0.608. The molecule has 0 unspecified atom stereocenters. The lowest BCUT2D eigenvalue weighted by molar-refractivity contribution is 0.464. The van der Waals surface area contributed by atoms with E-state index in [9.17, 15) is 8.42 Å². The van der Waals surface area contributed by atoms with Crippen molar-refractivity contribution in [2.24, 2.45) is 5.73 Å². The van der Waals surface area contributed by atoms with Crippen molar-refractivity contribution < 1.29 is 8.42 Å². The summed E-state index contributed by atoms with van der Waals surface area (Å²) in [5, 5.41) is 0.551. The van der Waals surface area contributed by atoms with Gasteiger partial charge in [0.15, 0.2) is 0 Å². The molecule has 0 spiro atoms. The summed E-state index contributed by atoms with van der Waals surface area (Å²) in [6.45, 7) is 0.820. The number of halogens is 2. The van der Waals surface area contributed by atoms with Gasteiger partial charge in [0.05, 0.1) is 14.9 Å². The van der Waals surface area contributed by atoms with E-state index in [-0.39, 0.29) is 9.92 Å². The van der Waals surface area contributed by atoms with Crippen molar-refractivity contribution in [3.8, 4) is 0 Å². The number of rotatable bonds is 5. The summed E-state index contributed by atoms with van der Waals surface area (Å²) < 4.78 is 25.4. The molecule has 0 saturated heterocycles. The van der Waals surface area contributed by atoms with Gasteiger partial charge >= 0.3 is 0 Å². The molecular formula is C10H14Cl2N2O2S. The van der Waals surface area contributed by atoms with Gasteiger partial charge in [-0.05, 0) is 31.2 Å². The molecule has 1 rings (SSSR count). The highest BCUT2D eigenvalue weighted by molar-refractivity contribution is 7.89. The summed E-state index contributed by atoms with van der Waals surface area (Å²) in [5.41, 5.74) is 5.34. The van der Waals surface area contributed by atoms with Gasteiger partial charge in [0, 0.05) is 13.6 Å². The van der Waals surface area contributed by atoms with Gasteiger partial charge in [-0.25, -0.2) is 12.7 Å². The highest BCUT2D eigenvalue weighted by Crippen LogP contribution is 2.26. The molecule has 1 aromatic rings. The Morgan fingerprint density at radius 2 is 1.94 bits per heavy atom. The van der Waals surface area contributed by atoms with Crippen molar-refractivity contribution in [3.63, 3.8) is 0 Å². The average molecular weight is 297 g/mol. The number of nitrogens with zero attached hydrogens (tertiary/aromatic N) is 1. The third-order valence-corrected chi connectivity index (χ3v) is 4.87. The fraction of sp³-hybridized carbons (Fsp3) is 0.400. The van der Waals surface area contributed by atoms with E-state index in [1.807, 2.05) is 0 Å². The Hall–Kier alpha value is -0.330. The zero-order valence-electron chi connectivity index (χ0n) is 9.36. The van der Waals surface area contributed by atoms with E-state index in [4.69, 9.17) is 28.9 Å². The van der Waals surface area contributed by atoms with Crippen LogP contribution in [0.15, 0.2) is 23.1 Å². The van der Waals surface area contributed by atoms with Crippen LogP contribution in [0.5, 0.6) is 0 Å². The van der Waals surface area contributed by atoms with Crippen molar-refractivity contribution in [3.05, 3.63) is 28.2 Å². The van der Waals surface area contributed by atoms with Crippen molar-refractivity contribution in [1.82, 2.24) is 4.31 Å². The quantitative estimate of drug-likeness (QED) is 0.903. The Kier molecular flexibility index (Phi) is 5.22. The van der Waals surface area contributed by atoms with Crippen molar-refractivity contribution in [2.75, 3.05) is 20.1 Å². The highest BCUT2D eigenvalue weighted by atomic mass is 35.5. The molecule has 7 heteroatoms. The van der Waals surface area contributed by atoms with Crippen molar-refractivity contribution in [2.45, 2.75) is 11.3 Å². The Morgan fingerprint density at radius 1 is 1.29 bits per heavy atom. The molecule has 0 aliphatic rings. The second kappa shape index (κ2) is 6.02. The van der Waals surface area contributed by atoms with E-state index in [1.165, 1.54) is 29.6 Å². The molecule has 1 aromatic carbocycles. The molecule has 0 aliphatic heterocycles. The second-order valence-corrected chi connectivity index (χ2v) is 6.40. The third-order valence-electron chi connectivity index (χ3n) is 2.28. The largest absolute Gasteiger partial charge is 0.330 e. The van der Waals surface area contributed by atoms with Crippen LogP contribution in [0.4, 0.5) is 0 Å². The maximum absolute atomic E-state index is 12.1. The Balaban J connectivity index is 3.00. The van der Waals surface area contributed by atoms with Crippen molar-refractivity contribution >= 4 is 33.2 Å². The van der Waals surface area contributed by atoms with Crippen LogP contribution in [0.1, 0.15) is 6.42 Å². The fourth-order valence-corrected chi connectivity index (χ4v) is 2.85. The molecule has 0 aliphatic carbocycles. The number of benzene rings is 1. The summed E-state index contributed by atoms with van der Waals surface area (Å²) >= 11 is 11.5. The maximum atomic E-state index is 12.1. The Bertz CT molecular complexity index is 491. The first kappa shape index (κ1) is 14.7. The smallest absolute Gasteiger partial charge is 0.242 e. The third kappa shape index (κ3) is 3.56. The van der Waals surface area contributed by atoms with E-state index in [0.717, 1.165) is 0 Å². The van der Waals surface area contributed by atoms with Gasteiger partial charge < -0.3 is 5.73 Å².